The van der Waals surface area contributed by atoms with E-state index in [2.05, 4.69) is 6.92 Å². The largest absolute Gasteiger partial charge is 0.345 e. The molecule has 0 aromatic rings. The summed E-state index contributed by atoms with van der Waals surface area (Å²) in [5, 5.41) is 0. The second kappa shape index (κ2) is 5.26. The smallest absolute Gasteiger partial charge is 0.229 e. The van der Waals surface area contributed by atoms with Gasteiger partial charge in [0.1, 0.15) is 0 Å². The van der Waals surface area contributed by atoms with E-state index in [1.54, 1.807) is 0 Å². The second-order valence-electron chi connectivity index (χ2n) is 8.70. The zero-order chi connectivity index (χ0) is 15.3. The minimum absolute atomic E-state index is 0.253. The van der Waals surface area contributed by atoms with Crippen molar-refractivity contribution in [2.24, 2.45) is 34.3 Å². The highest BCUT2D eigenvalue weighted by atomic mass is 16.2. The number of hydrogen-bond acceptors (Lipinski definition) is 2. The van der Waals surface area contributed by atoms with Crippen LogP contribution in [0.3, 0.4) is 0 Å². The Kier molecular flexibility index (Phi) is 3.84. The fourth-order valence-electron chi connectivity index (χ4n) is 5.90. The van der Waals surface area contributed by atoms with E-state index >= 15 is 0 Å². The maximum absolute atomic E-state index is 12.8. The Morgan fingerprint density at radius 1 is 1.19 bits per heavy atom. The van der Waals surface area contributed by atoms with Crippen molar-refractivity contribution in [2.75, 3.05) is 20.1 Å². The van der Waals surface area contributed by atoms with E-state index in [-0.39, 0.29) is 11.3 Å². The van der Waals surface area contributed by atoms with Gasteiger partial charge in [0.2, 0.25) is 5.91 Å². The summed E-state index contributed by atoms with van der Waals surface area (Å²) in [4.78, 5) is 14.8. The van der Waals surface area contributed by atoms with Crippen molar-refractivity contribution in [3.63, 3.8) is 0 Å². The molecule has 1 unspecified atom stereocenters. The predicted molar refractivity (Wildman–Crippen MR) is 85.7 cm³/mol. The van der Waals surface area contributed by atoms with Crippen LogP contribution in [0.25, 0.3) is 0 Å². The summed E-state index contributed by atoms with van der Waals surface area (Å²) >= 11 is 0. The Labute approximate surface area is 129 Å². The van der Waals surface area contributed by atoms with Gasteiger partial charge in [-0.1, -0.05) is 6.92 Å². The monoisotopic (exact) mass is 292 g/mol. The Morgan fingerprint density at radius 3 is 2.05 bits per heavy atom. The lowest BCUT2D eigenvalue weighted by atomic mass is 9.49. The number of rotatable bonds is 5. The number of nitrogens with zero attached hydrogens (tertiary/aromatic N) is 1. The van der Waals surface area contributed by atoms with Crippen LogP contribution in [0.2, 0.25) is 0 Å². The average molecular weight is 292 g/mol. The lowest BCUT2D eigenvalue weighted by Gasteiger charge is -2.57. The number of carbonyl (C=O) groups excluding carboxylic acids is 1. The second-order valence-corrected chi connectivity index (χ2v) is 8.70. The van der Waals surface area contributed by atoms with Crippen LogP contribution in [0.15, 0.2) is 0 Å². The van der Waals surface area contributed by atoms with E-state index < -0.39 is 0 Å². The highest BCUT2D eigenvalue weighted by Crippen LogP contribution is 2.60. The topological polar surface area (TPSA) is 46.3 Å². The fraction of sp³-hybridized carbons (Fsp3) is 0.944. The molecule has 0 aromatic carbocycles. The van der Waals surface area contributed by atoms with Crippen LogP contribution in [-0.2, 0) is 4.79 Å². The number of nitrogens with two attached hydrogens (primary N) is 1. The quantitative estimate of drug-likeness (QED) is 0.846. The zero-order valence-electron chi connectivity index (χ0n) is 14.0. The molecule has 4 fully saturated rings. The summed E-state index contributed by atoms with van der Waals surface area (Å²) in [7, 11) is 2.00. The maximum atomic E-state index is 12.8. The first-order valence-corrected chi connectivity index (χ1v) is 8.85. The first-order chi connectivity index (χ1) is 9.89. The van der Waals surface area contributed by atoms with Crippen LogP contribution in [0.5, 0.6) is 0 Å². The van der Waals surface area contributed by atoms with Gasteiger partial charge in [-0.15, -0.1) is 0 Å². The Bertz CT molecular complexity index is 378. The molecule has 4 aliphatic rings. The number of amides is 1. The molecule has 0 spiro atoms. The highest BCUT2D eigenvalue weighted by molar-refractivity contribution is 5.82. The van der Waals surface area contributed by atoms with E-state index in [1.165, 1.54) is 38.5 Å². The molecule has 4 aliphatic carbocycles. The van der Waals surface area contributed by atoms with Crippen LogP contribution < -0.4 is 5.73 Å². The van der Waals surface area contributed by atoms with Gasteiger partial charge in [-0.2, -0.15) is 0 Å². The first kappa shape index (κ1) is 15.3. The average Bonchev–Trinajstić information content (AvgIpc) is 2.43. The van der Waals surface area contributed by atoms with E-state index in [0.29, 0.717) is 12.0 Å². The van der Waals surface area contributed by atoms with Crippen LogP contribution >= 0.6 is 0 Å². The maximum Gasteiger partial charge on any atom is 0.229 e. The van der Waals surface area contributed by atoms with Crippen molar-refractivity contribution in [1.82, 2.24) is 4.90 Å². The van der Waals surface area contributed by atoms with Crippen LogP contribution in [0.1, 0.15) is 58.8 Å². The molecule has 0 aliphatic heterocycles. The van der Waals surface area contributed by atoms with E-state index in [1.807, 2.05) is 18.9 Å². The molecule has 4 saturated carbocycles. The molecule has 1 amide bonds. The SMILES string of the molecule is CCC(C)(CN)C(=O)N(C)CC12CC3CC(CC(C3)C1)C2. The fourth-order valence-corrected chi connectivity index (χ4v) is 5.90. The Morgan fingerprint density at radius 2 is 1.67 bits per heavy atom. The lowest BCUT2D eigenvalue weighted by molar-refractivity contribution is -0.144. The Balaban J connectivity index is 1.70. The molecule has 120 valence electrons. The van der Waals surface area contributed by atoms with Gasteiger partial charge in [-0.05, 0) is 75.0 Å². The third-order valence-electron chi connectivity index (χ3n) is 6.83. The molecule has 2 N–H and O–H groups in total. The molecular formula is C18H32N2O. The molecule has 1 atom stereocenters. The van der Waals surface area contributed by atoms with Crippen molar-refractivity contribution >= 4 is 5.91 Å². The van der Waals surface area contributed by atoms with Gasteiger partial charge < -0.3 is 10.6 Å². The van der Waals surface area contributed by atoms with Gasteiger partial charge in [0.25, 0.3) is 0 Å². The molecule has 0 saturated heterocycles. The number of carbonyl (C=O) groups is 1. The predicted octanol–water partition coefficient (Wildman–Crippen LogP) is 3.04. The van der Waals surface area contributed by atoms with E-state index in [9.17, 15) is 4.79 Å². The molecule has 0 aromatic heterocycles. The van der Waals surface area contributed by atoms with Crippen molar-refractivity contribution in [1.29, 1.82) is 0 Å². The van der Waals surface area contributed by atoms with Crippen LogP contribution in [-0.4, -0.2) is 30.9 Å². The minimum Gasteiger partial charge on any atom is -0.345 e. The van der Waals surface area contributed by atoms with Crippen LogP contribution in [0, 0.1) is 28.6 Å². The van der Waals surface area contributed by atoms with Crippen molar-refractivity contribution in [2.45, 2.75) is 58.8 Å². The van der Waals surface area contributed by atoms with Gasteiger partial charge in [0.15, 0.2) is 0 Å². The molecule has 3 heteroatoms. The number of hydrogen-bond donors (Lipinski definition) is 1. The summed E-state index contributed by atoms with van der Waals surface area (Å²) < 4.78 is 0. The van der Waals surface area contributed by atoms with Crippen molar-refractivity contribution < 1.29 is 4.79 Å². The molecule has 0 heterocycles. The highest BCUT2D eigenvalue weighted by Gasteiger charge is 2.51. The summed E-state index contributed by atoms with van der Waals surface area (Å²) in [5.41, 5.74) is 5.92. The zero-order valence-corrected chi connectivity index (χ0v) is 14.0. The standard InChI is InChI=1S/C18H32N2O/c1-4-17(2,11-19)16(21)20(3)12-18-8-13-5-14(9-18)7-15(6-13)10-18/h13-15H,4-12,19H2,1-3H3. The molecule has 3 nitrogen and oxygen atoms in total. The summed E-state index contributed by atoms with van der Waals surface area (Å²) in [6.07, 6.45) is 9.31. The van der Waals surface area contributed by atoms with Crippen LogP contribution in [0.4, 0.5) is 0 Å². The van der Waals surface area contributed by atoms with Gasteiger partial charge in [0.05, 0.1) is 5.41 Å². The summed E-state index contributed by atoms with van der Waals surface area (Å²) in [6, 6.07) is 0. The van der Waals surface area contributed by atoms with Crippen molar-refractivity contribution in [3.8, 4) is 0 Å². The molecule has 0 radical (unpaired) electrons. The van der Waals surface area contributed by atoms with Gasteiger partial charge in [0, 0.05) is 20.1 Å². The molecular weight excluding hydrogens is 260 g/mol. The summed E-state index contributed by atoms with van der Waals surface area (Å²) in [6.45, 7) is 5.51. The van der Waals surface area contributed by atoms with Gasteiger partial charge >= 0.3 is 0 Å². The van der Waals surface area contributed by atoms with Gasteiger partial charge in [-0.25, -0.2) is 0 Å². The van der Waals surface area contributed by atoms with E-state index in [0.717, 1.165) is 30.7 Å². The third kappa shape index (κ3) is 2.62. The first-order valence-electron chi connectivity index (χ1n) is 8.85. The summed E-state index contributed by atoms with van der Waals surface area (Å²) in [5.74, 6) is 3.11. The Hall–Kier alpha value is -0.570. The third-order valence-corrected chi connectivity index (χ3v) is 6.83. The molecule has 4 bridgehead atoms. The molecule has 21 heavy (non-hydrogen) atoms. The van der Waals surface area contributed by atoms with Gasteiger partial charge in [-0.3, -0.25) is 4.79 Å². The molecule has 4 rings (SSSR count). The van der Waals surface area contributed by atoms with Crippen molar-refractivity contribution in [3.05, 3.63) is 0 Å². The normalized spacial score (nSPS) is 40.1. The van der Waals surface area contributed by atoms with E-state index in [4.69, 9.17) is 5.73 Å². The lowest BCUT2D eigenvalue weighted by Crippen LogP contribution is -2.53. The minimum atomic E-state index is -0.378.